The second-order valence-electron chi connectivity index (χ2n) is 2.31. The average Bonchev–Trinajstić information content (AvgIpc) is 1.88. The van der Waals surface area contributed by atoms with Gasteiger partial charge in [-0.05, 0) is 13.8 Å². The molecule has 0 aromatic heterocycles. The highest BCUT2D eigenvalue weighted by atomic mass is 31.2. The molecule has 76 valence electrons. The van der Waals surface area contributed by atoms with E-state index >= 15 is 0 Å². The molecule has 0 N–H and O–H groups in total. The fraction of sp³-hybridized carbons (Fsp3) is 1.00. The molecule has 0 bridgehead atoms. The Bertz CT molecular complexity index is 115. The van der Waals surface area contributed by atoms with Gasteiger partial charge in [0.25, 0.3) is 0 Å². The molecule has 0 aromatic rings. The highest BCUT2D eigenvalue weighted by Gasteiger charge is 2.13. The molecule has 0 aliphatic heterocycles. The second kappa shape index (κ2) is 9.24. The Balaban J connectivity index is 0. The molecule has 0 heterocycles. The van der Waals surface area contributed by atoms with Crippen LogP contribution in [0, 0.1) is 0 Å². The zero-order chi connectivity index (χ0) is 10.0. The smallest absolute Gasteiger partial charge is 0.309 e. The van der Waals surface area contributed by atoms with E-state index in [9.17, 15) is 4.57 Å². The number of rotatable bonds is 4. The Morgan fingerprint density at radius 2 is 1.25 bits per heavy atom. The van der Waals surface area contributed by atoms with E-state index in [0.29, 0.717) is 13.2 Å². The molecule has 0 saturated heterocycles. The van der Waals surface area contributed by atoms with Gasteiger partial charge in [0, 0.05) is 6.66 Å². The standard InChI is InChI=1S/C5H13O3P.C3H8/c1-4-7-9(3,6)8-5-2;1-3-2/h4-5H2,1-3H3;3H2,1-2H3. The van der Waals surface area contributed by atoms with Crippen molar-refractivity contribution in [1.29, 1.82) is 0 Å². The molecule has 0 amide bonds. The topological polar surface area (TPSA) is 35.5 Å². The molecule has 0 aliphatic rings. The molecule has 0 saturated carbocycles. The van der Waals surface area contributed by atoms with Crippen molar-refractivity contribution < 1.29 is 13.6 Å². The van der Waals surface area contributed by atoms with E-state index in [0.717, 1.165) is 0 Å². The third-order valence-electron chi connectivity index (χ3n) is 0.727. The highest BCUT2D eigenvalue weighted by Crippen LogP contribution is 2.43. The van der Waals surface area contributed by atoms with E-state index in [1.165, 1.54) is 13.1 Å². The van der Waals surface area contributed by atoms with E-state index in [4.69, 9.17) is 9.05 Å². The molecule has 0 fully saturated rings. The summed E-state index contributed by atoms with van der Waals surface area (Å²) in [6.45, 7) is 10.2. The van der Waals surface area contributed by atoms with Crippen LogP contribution in [0.3, 0.4) is 0 Å². The number of hydrogen-bond acceptors (Lipinski definition) is 3. The first kappa shape index (κ1) is 14.7. The van der Waals surface area contributed by atoms with E-state index < -0.39 is 7.60 Å². The fourth-order valence-corrected chi connectivity index (χ4v) is 1.52. The molecule has 0 spiro atoms. The normalized spacial score (nSPS) is 10.4. The minimum atomic E-state index is -2.69. The van der Waals surface area contributed by atoms with E-state index in [1.54, 1.807) is 13.8 Å². The van der Waals surface area contributed by atoms with Crippen LogP contribution in [0.1, 0.15) is 34.1 Å². The predicted octanol–water partition coefficient (Wildman–Crippen LogP) is 3.30. The van der Waals surface area contributed by atoms with Crippen LogP contribution in [-0.4, -0.2) is 19.9 Å². The first-order chi connectivity index (χ1) is 5.54. The highest BCUT2D eigenvalue weighted by molar-refractivity contribution is 7.52. The first-order valence-electron chi connectivity index (χ1n) is 4.40. The zero-order valence-corrected chi connectivity index (χ0v) is 9.69. The third kappa shape index (κ3) is 12.8. The first-order valence-corrected chi connectivity index (χ1v) is 6.39. The summed E-state index contributed by atoms with van der Waals surface area (Å²) in [5, 5.41) is 0. The molecular weight excluding hydrogens is 175 g/mol. The predicted molar refractivity (Wildman–Crippen MR) is 52.7 cm³/mol. The van der Waals surface area contributed by atoms with Crippen molar-refractivity contribution in [3.8, 4) is 0 Å². The van der Waals surface area contributed by atoms with Crippen molar-refractivity contribution in [1.82, 2.24) is 0 Å². The van der Waals surface area contributed by atoms with E-state index in [2.05, 4.69) is 13.8 Å². The molecule has 0 rings (SSSR count). The minimum Gasteiger partial charge on any atom is -0.309 e. The van der Waals surface area contributed by atoms with Crippen molar-refractivity contribution in [3.05, 3.63) is 0 Å². The molecular formula is C8H21O3P. The summed E-state index contributed by atoms with van der Waals surface area (Å²) in [4.78, 5) is 0. The zero-order valence-electron chi connectivity index (χ0n) is 8.79. The van der Waals surface area contributed by atoms with E-state index in [-0.39, 0.29) is 0 Å². The Hall–Kier alpha value is 0.150. The average molecular weight is 196 g/mol. The largest absolute Gasteiger partial charge is 0.327 e. The van der Waals surface area contributed by atoms with Gasteiger partial charge in [-0.1, -0.05) is 20.3 Å². The Kier molecular flexibility index (Phi) is 11.3. The molecule has 3 nitrogen and oxygen atoms in total. The Morgan fingerprint density at radius 1 is 1.00 bits per heavy atom. The monoisotopic (exact) mass is 196 g/mol. The Morgan fingerprint density at radius 3 is 1.42 bits per heavy atom. The Labute approximate surface area is 76.0 Å². The summed E-state index contributed by atoms with van der Waals surface area (Å²) in [5.41, 5.74) is 0. The lowest BCUT2D eigenvalue weighted by Gasteiger charge is -2.10. The van der Waals surface area contributed by atoms with Gasteiger partial charge in [-0.3, -0.25) is 4.57 Å². The lowest BCUT2D eigenvalue weighted by atomic mass is 10.6. The van der Waals surface area contributed by atoms with Gasteiger partial charge in [-0.15, -0.1) is 0 Å². The number of hydrogen-bond donors (Lipinski definition) is 0. The summed E-state index contributed by atoms with van der Waals surface area (Å²) in [6.07, 6.45) is 1.25. The lowest BCUT2D eigenvalue weighted by molar-refractivity contribution is 0.225. The van der Waals surface area contributed by atoms with Gasteiger partial charge in [0.2, 0.25) is 0 Å². The summed E-state index contributed by atoms with van der Waals surface area (Å²) >= 11 is 0. The maximum atomic E-state index is 11.0. The van der Waals surface area contributed by atoms with Crippen LogP contribution in [-0.2, 0) is 13.6 Å². The fourth-order valence-electron chi connectivity index (χ4n) is 0.506. The van der Waals surface area contributed by atoms with Crippen molar-refractivity contribution in [2.24, 2.45) is 0 Å². The van der Waals surface area contributed by atoms with Crippen LogP contribution in [0.25, 0.3) is 0 Å². The van der Waals surface area contributed by atoms with Crippen LogP contribution >= 0.6 is 7.60 Å². The van der Waals surface area contributed by atoms with Crippen LogP contribution in [0.4, 0.5) is 0 Å². The second-order valence-corrected chi connectivity index (χ2v) is 4.37. The van der Waals surface area contributed by atoms with Gasteiger partial charge in [0.1, 0.15) is 0 Å². The lowest BCUT2D eigenvalue weighted by Crippen LogP contribution is -1.92. The van der Waals surface area contributed by atoms with Gasteiger partial charge in [-0.25, -0.2) is 0 Å². The summed E-state index contributed by atoms with van der Waals surface area (Å²) < 4.78 is 20.6. The van der Waals surface area contributed by atoms with Gasteiger partial charge in [-0.2, -0.15) is 0 Å². The van der Waals surface area contributed by atoms with E-state index in [1.807, 2.05) is 0 Å². The van der Waals surface area contributed by atoms with Gasteiger partial charge >= 0.3 is 7.60 Å². The van der Waals surface area contributed by atoms with Crippen molar-refractivity contribution in [2.45, 2.75) is 34.1 Å². The molecule has 12 heavy (non-hydrogen) atoms. The molecule has 0 unspecified atom stereocenters. The molecule has 4 heteroatoms. The molecule has 0 aliphatic carbocycles. The SMILES string of the molecule is CCC.CCOP(C)(=O)OCC. The van der Waals surface area contributed by atoms with Gasteiger partial charge in [0.15, 0.2) is 0 Å². The summed E-state index contributed by atoms with van der Waals surface area (Å²) in [6, 6.07) is 0. The summed E-state index contributed by atoms with van der Waals surface area (Å²) in [7, 11) is -2.69. The van der Waals surface area contributed by atoms with Crippen molar-refractivity contribution >= 4 is 7.60 Å². The maximum Gasteiger partial charge on any atom is 0.327 e. The van der Waals surface area contributed by atoms with Gasteiger partial charge in [0.05, 0.1) is 13.2 Å². The van der Waals surface area contributed by atoms with Crippen LogP contribution in [0.5, 0.6) is 0 Å². The van der Waals surface area contributed by atoms with Gasteiger partial charge < -0.3 is 9.05 Å². The molecule has 0 aromatic carbocycles. The summed E-state index contributed by atoms with van der Waals surface area (Å²) in [5.74, 6) is 0. The minimum absolute atomic E-state index is 0.438. The third-order valence-corrected chi connectivity index (χ3v) is 2.18. The molecule has 0 atom stereocenters. The van der Waals surface area contributed by atoms with Crippen LogP contribution in [0.2, 0.25) is 0 Å². The molecule has 0 radical (unpaired) electrons. The van der Waals surface area contributed by atoms with Crippen LogP contribution in [0.15, 0.2) is 0 Å². The quantitative estimate of drug-likeness (QED) is 0.647. The van der Waals surface area contributed by atoms with Crippen molar-refractivity contribution in [2.75, 3.05) is 19.9 Å². The maximum absolute atomic E-state index is 11.0. The van der Waals surface area contributed by atoms with Crippen LogP contribution < -0.4 is 0 Å². The van der Waals surface area contributed by atoms with Crippen molar-refractivity contribution in [3.63, 3.8) is 0 Å².